The van der Waals surface area contributed by atoms with E-state index in [0.717, 1.165) is 14.0 Å². The number of hydrogen-bond acceptors (Lipinski definition) is 4. The summed E-state index contributed by atoms with van der Waals surface area (Å²) in [5.41, 5.74) is -3.37. The van der Waals surface area contributed by atoms with Gasteiger partial charge in [0.2, 0.25) is 5.91 Å². The predicted molar refractivity (Wildman–Crippen MR) is 61.2 cm³/mol. The molecule has 0 spiro atoms. The zero-order chi connectivity index (χ0) is 15.4. The molecule has 1 amide bonds. The minimum atomic E-state index is -5.12. The number of hydrogen-bond donors (Lipinski definition) is 2. The molecular weight excluding hydrogens is 279 g/mol. The number of carbonyl (C=O) groups is 2. The fourth-order valence-electron chi connectivity index (χ4n) is 1.48. The third kappa shape index (κ3) is 3.16. The first-order valence-corrected chi connectivity index (χ1v) is 5.41. The average molecular weight is 292 g/mol. The van der Waals surface area contributed by atoms with Gasteiger partial charge in [-0.15, -0.1) is 0 Å². The summed E-state index contributed by atoms with van der Waals surface area (Å²) >= 11 is 0. The SMILES string of the molecule is COC(=O)[C@@](NC(C)=O)(Nc1cccc[nH+]1)C(F)(F)F. The number of pyridine rings is 1. The highest BCUT2D eigenvalue weighted by Crippen LogP contribution is 2.32. The van der Waals surface area contributed by atoms with Crippen molar-refractivity contribution in [3.05, 3.63) is 24.4 Å². The number of halogens is 3. The second kappa shape index (κ2) is 5.76. The predicted octanol–water partition coefficient (Wildman–Crippen LogP) is 0.480. The van der Waals surface area contributed by atoms with Gasteiger partial charge in [-0.3, -0.25) is 10.1 Å². The van der Waals surface area contributed by atoms with Crippen LogP contribution in [-0.4, -0.2) is 30.8 Å². The smallest absolute Gasteiger partial charge is 0.464 e. The van der Waals surface area contributed by atoms with Crippen LogP contribution in [0.2, 0.25) is 0 Å². The Labute approximate surface area is 112 Å². The molecule has 9 heteroatoms. The molecular formula is C11H13F3N3O3+. The summed E-state index contributed by atoms with van der Waals surface area (Å²) in [5, 5.41) is 3.49. The quantitative estimate of drug-likeness (QED) is 0.625. The second-order valence-electron chi connectivity index (χ2n) is 3.82. The van der Waals surface area contributed by atoms with E-state index in [2.05, 4.69) is 9.72 Å². The molecule has 0 radical (unpaired) electrons. The van der Waals surface area contributed by atoms with Gasteiger partial charge in [0.25, 0.3) is 5.82 Å². The van der Waals surface area contributed by atoms with E-state index in [1.807, 2.05) is 5.32 Å². The molecule has 1 aromatic heterocycles. The third-order valence-electron chi connectivity index (χ3n) is 2.31. The van der Waals surface area contributed by atoms with Crippen LogP contribution in [0.25, 0.3) is 0 Å². The number of rotatable bonds is 4. The lowest BCUT2D eigenvalue weighted by molar-refractivity contribution is -0.363. The van der Waals surface area contributed by atoms with Crippen molar-refractivity contribution in [1.82, 2.24) is 5.32 Å². The lowest BCUT2D eigenvalue weighted by Gasteiger charge is -2.29. The van der Waals surface area contributed by atoms with Crippen molar-refractivity contribution in [2.24, 2.45) is 0 Å². The van der Waals surface area contributed by atoms with Crippen LogP contribution in [0.4, 0.5) is 19.0 Å². The molecule has 3 N–H and O–H groups in total. The Morgan fingerprint density at radius 3 is 2.35 bits per heavy atom. The minimum absolute atomic E-state index is 0.121. The summed E-state index contributed by atoms with van der Waals surface area (Å²) in [6, 6.07) is 4.26. The molecule has 0 aromatic carbocycles. The van der Waals surface area contributed by atoms with E-state index in [4.69, 9.17) is 0 Å². The Morgan fingerprint density at radius 2 is 1.95 bits per heavy atom. The molecule has 0 aliphatic carbocycles. The van der Waals surface area contributed by atoms with Crippen LogP contribution in [-0.2, 0) is 14.3 Å². The van der Waals surface area contributed by atoms with Crippen LogP contribution in [0.5, 0.6) is 0 Å². The van der Waals surface area contributed by atoms with Crippen molar-refractivity contribution in [1.29, 1.82) is 0 Å². The number of methoxy groups -OCH3 is 1. The number of carbonyl (C=O) groups excluding carboxylic acids is 2. The highest BCUT2D eigenvalue weighted by Gasteiger charge is 2.67. The molecule has 1 heterocycles. The van der Waals surface area contributed by atoms with Gasteiger partial charge in [-0.1, -0.05) is 6.07 Å². The van der Waals surface area contributed by atoms with Crippen LogP contribution in [0.3, 0.4) is 0 Å². The molecule has 0 aliphatic rings. The first-order chi connectivity index (χ1) is 9.23. The van der Waals surface area contributed by atoms with Gasteiger partial charge in [-0.25, -0.2) is 15.1 Å². The summed E-state index contributed by atoms with van der Waals surface area (Å²) in [5.74, 6) is -2.85. The molecule has 0 saturated heterocycles. The molecule has 0 fully saturated rings. The van der Waals surface area contributed by atoms with E-state index < -0.39 is 23.7 Å². The van der Waals surface area contributed by atoms with E-state index in [1.54, 1.807) is 5.32 Å². The summed E-state index contributed by atoms with van der Waals surface area (Å²) < 4.78 is 44.0. The van der Waals surface area contributed by atoms with Gasteiger partial charge in [0.15, 0.2) is 0 Å². The first-order valence-electron chi connectivity index (χ1n) is 5.41. The number of anilines is 1. The van der Waals surface area contributed by atoms with Crippen LogP contribution >= 0.6 is 0 Å². The van der Waals surface area contributed by atoms with Crippen LogP contribution in [0, 0.1) is 0 Å². The molecule has 1 rings (SSSR count). The second-order valence-corrected chi connectivity index (χ2v) is 3.82. The molecule has 0 bridgehead atoms. The minimum Gasteiger partial charge on any atom is -0.464 e. The Bertz CT molecular complexity index is 493. The maximum Gasteiger partial charge on any atom is 0.464 e. The zero-order valence-corrected chi connectivity index (χ0v) is 10.7. The number of alkyl halides is 3. The topological polar surface area (TPSA) is 81.6 Å². The molecule has 0 aliphatic heterocycles. The van der Waals surface area contributed by atoms with E-state index in [1.165, 1.54) is 24.4 Å². The molecule has 0 saturated carbocycles. The van der Waals surface area contributed by atoms with Crippen LogP contribution in [0.15, 0.2) is 24.4 Å². The molecule has 1 aromatic rings. The van der Waals surface area contributed by atoms with Crippen molar-refractivity contribution in [2.75, 3.05) is 12.4 Å². The van der Waals surface area contributed by atoms with Gasteiger partial charge >= 0.3 is 17.8 Å². The number of H-pyrrole nitrogens is 1. The molecule has 20 heavy (non-hydrogen) atoms. The highest BCUT2D eigenvalue weighted by molar-refractivity contribution is 5.90. The van der Waals surface area contributed by atoms with Crippen LogP contribution in [0.1, 0.15) is 6.92 Å². The monoisotopic (exact) mass is 292 g/mol. The Kier molecular flexibility index (Phi) is 4.53. The highest BCUT2D eigenvalue weighted by atomic mass is 19.4. The fraction of sp³-hybridized carbons (Fsp3) is 0.364. The van der Waals surface area contributed by atoms with E-state index in [-0.39, 0.29) is 5.82 Å². The van der Waals surface area contributed by atoms with Crippen molar-refractivity contribution in [3.63, 3.8) is 0 Å². The Balaban J connectivity index is 3.29. The summed E-state index contributed by atoms with van der Waals surface area (Å²) in [4.78, 5) is 25.1. The standard InChI is InChI=1S/C11H12F3N3O3/c1-7(18)16-10(9(19)20-2,11(12,13)14)17-8-5-3-4-6-15-8/h3-6H,1-2H3,(H,15,17)(H,16,18)/p+1/t10-/m1/s1. The average Bonchev–Trinajstić information content (AvgIpc) is 2.36. The molecule has 1 atom stereocenters. The lowest BCUT2D eigenvalue weighted by atomic mass is 10.1. The number of nitrogens with one attached hydrogen (secondary N) is 3. The zero-order valence-electron chi connectivity index (χ0n) is 10.7. The van der Waals surface area contributed by atoms with Crippen molar-refractivity contribution in [3.8, 4) is 0 Å². The number of aromatic nitrogens is 1. The van der Waals surface area contributed by atoms with E-state index in [0.29, 0.717) is 0 Å². The van der Waals surface area contributed by atoms with Gasteiger partial charge in [0, 0.05) is 13.0 Å². The normalized spacial score (nSPS) is 14.1. The fourth-order valence-corrected chi connectivity index (χ4v) is 1.48. The van der Waals surface area contributed by atoms with Gasteiger partial charge in [-0.05, 0) is 6.07 Å². The van der Waals surface area contributed by atoms with Gasteiger partial charge in [0.05, 0.1) is 13.3 Å². The number of aromatic amines is 1. The number of esters is 1. The largest absolute Gasteiger partial charge is 0.464 e. The Morgan fingerprint density at radius 1 is 1.30 bits per heavy atom. The first kappa shape index (κ1) is 15.7. The van der Waals surface area contributed by atoms with E-state index in [9.17, 15) is 22.8 Å². The summed E-state index contributed by atoms with van der Waals surface area (Å²) in [7, 11) is 0.793. The molecule has 0 unspecified atom stereocenters. The maximum absolute atomic E-state index is 13.3. The van der Waals surface area contributed by atoms with Gasteiger partial charge in [-0.2, -0.15) is 13.2 Å². The maximum atomic E-state index is 13.3. The van der Waals surface area contributed by atoms with Crippen molar-refractivity contribution >= 4 is 17.7 Å². The van der Waals surface area contributed by atoms with Gasteiger partial charge < -0.3 is 4.74 Å². The number of amides is 1. The summed E-state index contributed by atoms with van der Waals surface area (Å²) in [6.07, 6.45) is -3.76. The van der Waals surface area contributed by atoms with Crippen molar-refractivity contribution in [2.45, 2.75) is 18.8 Å². The van der Waals surface area contributed by atoms with Crippen LogP contribution < -0.4 is 15.6 Å². The molecule has 6 nitrogen and oxygen atoms in total. The van der Waals surface area contributed by atoms with Crippen molar-refractivity contribution < 1.29 is 32.5 Å². The molecule has 110 valence electrons. The van der Waals surface area contributed by atoms with E-state index >= 15 is 0 Å². The van der Waals surface area contributed by atoms with Gasteiger partial charge in [0.1, 0.15) is 0 Å². The summed E-state index contributed by atoms with van der Waals surface area (Å²) in [6.45, 7) is 0.861. The third-order valence-corrected chi connectivity index (χ3v) is 2.31. The number of ether oxygens (including phenoxy) is 1. The Hall–Kier alpha value is -2.32. The lowest BCUT2D eigenvalue weighted by Crippen LogP contribution is -2.69.